The molecule has 0 radical (unpaired) electrons. The molecule has 3 atom stereocenters. The number of carbonyl (C=O) groups is 2. The van der Waals surface area contributed by atoms with Gasteiger partial charge >= 0.3 is 5.97 Å². The third-order valence-corrected chi connectivity index (χ3v) is 4.63. The second kappa shape index (κ2) is 12.0. The van der Waals surface area contributed by atoms with Gasteiger partial charge in [-0.3, -0.25) is 9.59 Å². The largest absolute Gasteiger partial charge is 0.481 e. The van der Waals surface area contributed by atoms with Gasteiger partial charge in [-0.15, -0.1) is 0 Å². The van der Waals surface area contributed by atoms with E-state index in [1.165, 1.54) is 0 Å². The van der Waals surface area contributed by atoms with Crippen LogP contribution in [0.5, 0.6) is 0 Å². The fourth-order valence-electron chi connectivity index (χ4n) is 3.14. The molecule has 136 valence electrons. The first-order chi connectivity index (χ1) is 11.5. The summed E-state index contributed by atoms with van der Waals surface area (Å²) in [6.07, 6.45) is 15.7. The molecule has 0 aromatic heterocycles. The number of aliphatic hydroxyl groups excluding tert-OH is 1. The highest BCUT2D eigenvalue weighted by molar-refractivity contribution is 5.94. The molecule has 0 unspecified atom stereocenters. The summed E-state index contributed by atoms with van der Waals surface area (Å²) in [6.45, 7) is 2.14. The van der Waals surface area contributed by atoms with Crippen molar-refractivity contribution in [3.05, 3.63) is 24.3 Å². The second-order valence-corrected chi connectivity index (χ2v) is 6.74. The van der Waals surface area contributed by atoms with Gasteiger partial charge in [-0.05, 0) is 25.3 Å². The van der Waals surface area contributed by atoms with Crippen LogP contribution in [-0.4, -0.2) is 28.1 Å². The molecule has 1 aliphatic carbocycles. The predicted molar refractivity (Wildman–Crippen MR) is 95.8 cm³/mol. The maximum absolute atomic E-state index is 12.0. The fourth-order valence-corrected chi connectivity index (χ4v) is 3.14. The van der Waals surface area contributed by atoms with Gasteiger partial charge in [-0.2, -0.15) is 0 Å². The first-order valence-electron chi connectivity index (χ1n) is 9.34. The molecule has 0 amide bonds. The van der Waals surface area contributed by atoms with Crippen LogP contribution < -0.4 is 0 Å². The third-order valence-electron chi connectivity index (χ3n) is 4.63. The van der Waals surface area contributed by atoms with E-state index in [0.717, 1.165) is 51.4 Å². The Morgan fingerprint density at radius 1 is 1.21 bits per heavy atom. The average molecular weight is 336 g/mol. The lowest BCUT2D eigenvalue weighted by Gasteiger charge is -2.15. The lowest BCUT2D eigenvalue weighted by Crippen LogP contribution is -2.15. The van der Waals surface area contributed by atoms with Gasteiger partial charge in [-0.25, -0.2) is 0 Å². The Kier molecular flexibility index (Phi) is 10.3. The molecule has 0 heterocycles. The van der Waals surface area contributed by atoms with Crippen molar-refractivity contribution in [3.8, 4) is 0 Å². The molecule has 24 heavy (non-hydrogen) atoms. The molecule has 0 aliphatic heterocycles. The van der Waals surface area contributed by atoms with Gasteiger partial charge in [0.1, 0.15) is 0 Å². The average Bonchev–Trinajstić information content (AvgIpc) is 2.89. The van der Waals surface area contributed by atoms with Gasteiger partial charge in [0.25, 0.3) is 0 Å². The summed E-state index contributed by atoms with van der Waals surface area (Å²) in [5.74, 6) is -0.482. The van der Waals surface area contributed by atoms with Gasteiger partial charge < -0.3 is 10.2 Å². The number of carbonyl (C=O) groups excluding carboxylic acids is 1. The molecule has 0 saturated heterocycles. The molecule has 0 aromatic carbocycles. The summed E-state index contributed by atoms with van der Waals surface area (Å²) < 4.78 is 0. The Morgan fingerprint density at radius 3 is 2.67 bits per heavy atom. The number of hydrogen-bond donors (Lipinski definition) is 2. The second-order valence-electron chi connectivity index (χ2n) is 6.74. The van der Waals surface area contributed by atoms with Crippen molar-refractivity contribution in [2.75, 3.05) is 0 Å². The summed E-state index contributed by atoms with van der Waals surface area (Å²) in [6, 6.07) is 0. The Labute approximate surface area is 145 Å². The van der Waals surface area contributed by atoms with E-state index in [9.17, 15) is 14.7 Å². The van der Waals surface area contributed by atoms with Crippen LogP contribution in [-0.2, 0) is 9.59 Å². The van der Waals surface area contributed by atoms with Crippen molar-refractivity contribution in [2.45, 2.75) is 77.2 Å². The summed E-state index contributed by atoms with van der Waals surface area (Å²) >= 11 is 0. The highest BCUT2D eigenvalue weighted by Crippen LogP contribution is 2.29. The summed E-state index contributed by atoms with van der Waals surface area (Å²) in [5.41, 5.74) is 0. The minimum atomic E-state index is -0.743. The van der Waals surface area contributed by atoms with E-state index >= 15 is 0 Å². The number of carboxylic acids is 1. The van der Waals surface area contributed by atoms with Crippen molar-refractivity contribution < 1.29 is 19.8 Å². The Hall–Kier alpha value is -1.42. The van der Waals surface area contributed by atoms with Crippen molar-refractivity contribution in [2.24, 2.45) is 11.8 Å². The van der Waals surface area contributed by atoms with E-state index < -0.39 is 12.1 Å². The molecule has 2 N–H and O–H groups in total. The number of ketones is 1. The normalized spacial score (nSPS) is 21.7. The highest BCUT2D eigenvalue weighted by atomic mass is 16.4. The van der Waals surface area contributed by atoms with Gasteiger partial charge in [0.2, 0.25) is 0 Å². The van der Waals surface area contributed by atoms with Crippen LogP contribution in [0.3, 0.4) is 0 Å². The first kappa shape index (κ1) is 20.6. The van der Waals surface area contributed by atoms with E-state index in [-0.39, 0.29) is 24.0 Å². The summed E-state index contributed by atoms with van der Waals surface area (Å²) in [5, 5.41) is 18.6. The van der Waals surface area contributed by atoms with Gasteiger partial charge in [0.15, 0.2) is 5.78 Å². The molecular weight excluding hydrogens is 304 g/mol. The van der Waals surface area contributed by atoms with Gasteiger partial charge in [0, 0.05) is 18.3 Å². The molecule has 1 rings (SSSR count). The van der Waals surface area contributed by atoms with E-state index in [1.54, 1.807) is 6.08 Å². The molecule has 4 heteroatoms. The molecule has 0 fully saturated rings. The number of carboxylic acid groups (broad SMARTS) is 1. The molecule has 0 saturated carbocycles. The van der Waals surface area contributed by atoms with Crippen LogP contribution >= 0.6 is 0 Å². The SMILES string of the molecule is CCCCC[C@@H](O)C=C[C@H]1C=CC(=O)[C@@H]1CCCCCCC(=O)O. The number of rotatable bonds is 13. The summed E-state index contributed by atoms with van der Waals surface area (Å²) in [4.78, 5) is 22.4. The fraction of sp³-hybridized carbons (Fsp3) is 0.700. The maximum atomic E-state index is 12.0. The zero-order chi connectivity index (χ0) is 17.8. The Balaban J connectivity index is 2.29. The zero-order valence-electron chi connectivity index (χ0n) is 14.8. The monoisotopic (exact) mass is 336 g/mol. The van der Waals surface area contributed by atoms with Crippen LogP contribution in [0.2, 0.25) is 0 Å². The van der Waals surface area contributed by atoms with Crippen molar-refractivity contribution in [1.29, 1.82) is 0 Å². The number of hydrogen-bond acceptors (Lipinski definition) is 3. The standard InChI is InChI=1S/C20H32O4/c1-2-3-6-9-17(21)14-12-16-13-15-19(22)18(16)10-7-4-5-8-11-20(23)24/h12-18,21H,2-11H2,1H3,(H,23,24)/t16-,17+,18+/m0/s1. The van der Waals surface area contributed by atoms with Crippen molar-refractivity contribution in [1.82, 2.24) is 0 Å². The number of unbranched alkanes of at least 4 members (excludes halogenated alkanes) is 5. The van der Waals surface area contributed by atoms with Crippen LogP contribution in [0.1, 0.15) is 71.1 Å². The Bertz CT molecular complexity index is 439. The number of allylic oxidation sites excluding steroid dienone is 3. The smallest absolute Gasteiger partial charge is 0.303 e. The molecular formula is C20H32O4. The van der Waals surface area contributed by atoms with E-state index in [2.05, 4.69) is 6.92 Å². The lowest BCUT2D eigenvalue weighted by molar-refractivity contribution is -0.137. The topological polar surface area (TPSA) is 74.6 Å². The zero-order valence-corrected chi connectivity index (χ0v) is 14.8. The van der Waals surface area contributed by atoms with E-state index in [0.29, 0.717) is 6.42 Å². The van der Waals surface area contributed by atoms with Crippen molar-refractivity contribution >= 4 is 11.8 Å². The number of aliphatic hydroxyl groups is 1. The van der Waals surface area contributed by atoms with Gasteiger partial charge in [0.05, 0.1) is 6.10 Å². The maximum Gasteiger partial charge on any atom is 0.303 e. The van der Waals surface area contributed by atoms with E-state index in [1.807, 2.05) is 18.2 Å². The quantitative estimate of drug-likeness (QED) is 0.389. The molecule has 0 aromatic rings. The third kappa shape index (κ3) is 8.44. The highest BCUT2D eigenvalue weighted by Gasteiger charge is 2.27. The van der Waals surface area contributed by atoms with Crippen LogP contribution in [0.4, 0.5) is 0 Å². The van der Waals surface area contributed by atoms with Crippen LogP contribution in [0.25, 0.3) is 0 Å². The molecule has 0 bridgehead atoms. The molecule has 0 spiro atoms. The van der Waals surface area contributed by atoms with Gasteiger partial charge in [-0.1, -0.05) is 63.7 Å². The molecule has 1 aliphatic rings. The van der Waals surface area contributed by atoms with E-state index in [4.69, 9.17) is 5.11 Å². The lowest BCUT2D eigenvalue weighted by atomic mass is 9.88. The van der Waals surface area contributed by atoms with Crippen LogP contribution in [0, 0.1) is 11.8 Å². The Morgan fingerprint density at radius 2 is 1.96 bits per heavy atom. The minimum absolute atomic E-state index is 0.0106. The minimum Gasteiger partial charge on any atom is -0.481 e. The summed E-state index contributed by atoms with van der Waals surface area (Å²) in [7, 11) is 0. The first-order valence-corrected chi connectivity index (χ1v) is 9.34. The number of aliphatic carboxylic acids is 1. The molecule has 4 nitrogen and oxygen atoms in total. The van der Waals surface area contributed by atoms with Crippen molar-refractivity contribution in [3.63, 3.8) is 0 Å². The predicted octanol–water partition coefficient (Wildman–Crippen LogP) is 4.28. The van der Waals surface area contributed by atoms with Crippen LogP contribution in [0.15, 0.2) is 24.3 Å².